The van der Waals surface area contributed by atoms with E-state index in [0.29, 0.717) is 22.8 Å². The van der Waals surface area contributed by atoms with Crippen LogP contribution >= 0.6 is 11.6 Å². The highest BCUT2D eigenvalue weighted by molar-refractivity contribution is 6.31. The molecule has 1 fully saturated rings. The van der Waals surface area contributed by atoms with Gasteiger partial charge in [-0.2, -0.15) is 0 Å². The smallest absolute Gasteiger partial charge is 0.338 e. The Balaban J connectivity index is 2.45. The van der Waals surface area contributed by atoms with Crippen molar-refractivity contribution in [2.24, 2.45) is 5.92 Å². The fraction of sp³-hybridized carbons (Fsp3) is 0.556. The Hall–Kier alpha value is -1.59. The first-order valence-corrected chi connectivity index (χ1v) is 8.67. The highest BCUT2D eigenvalue weighted by Gasteiger charge is 2.37. The summed E-state index contributed by atoms with van der Waals surface area (Å²) in [5, 5.41) is 0.438. The Bertz CT molecular complexity index is 605. The lowest BCUT2D eigenvalue weighted by Crippen LogP contribution is -2.28. The SMILES string of the molecule is CCOC(=O)c1cc(Cl)ccc1C(C(=O)OCC)C1CCN(C)C1. The van der Waals surface area contributed by atoms with Gasteiger partial charge in [0.1, 0.15) is 0 Å². The molecule has 1 aliphatic heterocycles. The van der Waals surface area contributed by atoms with Crippen molar-refractivity contribution in [3.05, 3.63) is 34.3 Å². The van der Waals surface area contributed by atoms with Crippen LogP contribution in [0.15, 0.2) is 18.2 Å². The minimum absolute atomic E-state index is 0.100. The van der Waals surface area contributed by atoms with Crippen molar-refractivity contribution in [2.45, 2.75) is 26.2 Å². The van der Waals surface area contributed by atoms with E-state index >= 15 is 0 Å². The highest BCUT2D eigenvalue weighted by Crippen LogP contribution is 2.35. The van der Waals surface area contributed by atoms with Gasteiger partial charge in [0.15, 0.2) is 0 Å². The van der Waals surface area contributed by atoms with E-state index in [2.05, 4.69) is 4.90 Å². The van der Waals surface area contributed by atoms with Crippen LogP contribution in [0.3, 0.4) is 0 Å². The molecule has 1 aliphatic rings. The van der Waals surface area contributed by atoms with Crippen molar-refractivity contribution in [1.82, 2.24) is 4.90 Å². The third kappa shape index (κ3) is 4.28. The van der Waals surface area contributed by atoms with Crippen LogP contribution in [0, 0.1) is 5.92 Å². The average molecular weight is 354 g/mol. The van der Waals surface area contributed by atoms with Gasteiger partial charge in [-0.05, 0) is 57.5 Å². The molecule has 2 unspecified atom stereocenters. The fourth-order valence-electron chi connectivity index (χ4n) is 3.23. The largest absolute Gasteiger partial charge is 0.466 e. The lowest BCUT2D eigenvalue weighted by atomic mass is 9.83. The van der Waals surface area contributed by atoms with Crippen LogP contribution in [-0.4, -0.2) is 50.2 Å². The Labute approximate surface area is 147 Å². The van der Waals surface area contributed by atoms with E-state index in [1.54, 1.807) is 32.0 Å². The molecule has 0 amide bonds. The minimum Gasteiger partial charge on any atom is -0.466 e. The molecule has 0 N–H and O–H groups in total. The summed E-state index contributed by atoms with van der Waals surface area (Å²) in [6.07, 6.45) is 0.880. The molecular formula is C18H24ClNO4. The highest BCUT2D eigenvalue weighted by atomic mass is 35.5. The van der Waals surface area contributed by atoms with Gasteiger partial charge in [0.05, 0.1) is 24.7 Å². The molecule has 0 bridgehead atoms. The molecule has 0 spiro atoms. The summed E-state index contributed by atoms with van der Waals surface area (Å²) in [6.45, 7) is 5.80. The van der Waals surface area contributed by atoms with Gasteiger partial charge < -0.3 is 14.4 Å². The maximum atomic E-state index is 12.6. The van der Waals surface area contributed by atoms with Crippen molar-refractivity contribution in [3.63, 3.8) is 0 Å². The maximum Gasteiger partial charge on any atom is 0.338 e. The lowest BCUT2D eigenvalue weighted by molar-refractivity contribution is -0.146. The number of likely N-dealkylation sites (tertiary alicyclic amines) is 1. The van der Waals surface area contributed by atoms with Crippen molar-refractivity contribution in [1.29, 1.82) is 0 Å². The zero-order valence-electron chi connectivity index (χ0n) is 14.4. The summed E-state index contributed by atoms with van der Waals surface area (Å²) < 4.78 is 10.4. The van der Waals surface area contributed by atoms with Gasteiger partial charge >= 0.3 is 11.9 Å². The topological polar surface area (TPSA) is 55.8 Å². The van der Waals surface area contributed by atoms with E-state index < -0.39 is 11.9 Å². The molecule has 0 aromatic heterocycles. The molecule has 6 heteroatoms. The van der Waals surface area contributed by atoms with Crippen LogP contribution < -0.4 is 0 Å². The number of hydrogen-bond donors (Lipinski definition) is 0. The molecular weight excluding hydrogens is 330 g/mol. The number of benzene rings is 1. The number of carbonyl (C=O) groups is 2. The Morgan fingerprint density at radius 1 is 1.29 bits per heavy atom. The number of halogens is 1. The van der Waals surface area contributed by atoms with Crippen LogP contribution in [0.25, 0.3) is 0 Å². The first-order chi connectivity index (χ1) is 11.5. The Morgan fingerprint density at radius 3 is 2.58 bits per heavy atom. The molecule has 1 saturated heterocycles. The quantitative estimate of drug-likeness (QED) is 0.735. The van der Waals surface area contributed by atoms with Gasteiger partial charge in [-0.15, -0.1) is 0 Å². The van der Waals surface area contributed by atoms with E-state index in [9.17, 15) is 9.59 Å². The lowest BCUT2D eigenvalue weighted by Gasteiger charge is -2.24. The van der Waals surface area contributed by atoms with E-state index in [1.165, 1.54) is 0 Å². The summed E-state index contributed by atoms with van der Waals surface area (Å²) in [5.41, 5.74) is 0.980. The molecule has 2 rings (SSSR count). The monoisotopic (exact) mass is 353 g/mol. The Kier molecular flexibility index (Phi) is 6.63. The van der Waals surface area contributed by atoms with E-state index in [4.69, 9.17) is 21.1 Å². The zero-order chi connectivity index (χ0) is 17.7. The second-order valence-corrected chi connectivity index (χ2v) is 6.43. The minimum atomic E-state index is -0.494. The Morgan fingerprint density at radius 2 is 2.00 bits per heavy atom. The fourth-order valence-corrected chi connectivity index (χ4v) is 3.40. The summed E-state index contributed by atoms with van der Waals surface area (Å²) in [5.74, 6) is -1.16. The van der Waals surface area contributed by atoms with Crippen molar-refractivity contribution in [2.75, 3.05) is 33.4 Å². The molecule has 132 valence electrons. The van der Waals surface area contributed by atoms with Gasteiger partial charge in [0, 0.05) is 11.6 Å². The number of carbonyl (C=O) groups excluding carboxylic acids is 2. The van der Waals surface area contributed by atoms with Crippen molar-refractivity contribution in [3.8, 4) is 0 Å². The second kappa shape index (κ2) is 8.49. The molecule has 1 heterocycles. The second-order valence-electron chi connectivity index (χ2n) is 5.99. The molecule has 0 aliphatic carbocycles. The predicted octanol–water partition coefficient (Wildman–Crippen LogP) is 3.12. The molecule has 0 radical (unpaired) electrons. The normalized spacial score (nSPS) is 19.1. The van der Waals surface area contributed by atoms with Gasteiger partial charge in [0.2, 0.25) is 0 Å². The van der Waals surface area contributed by atoms with Crippen LogP contribution in [0.2, 0.25) is 5.02 Å². The molecule has 1 aromatic rings. The molecule has 0 saturated carbocycles. The third-order valence-electron chi connectivity index (χ3n) is 4.29. The number of nitrogens with zero attached hydrogens (tertiary/aromatic N) is 1. The summed E-state index contributed by atoms with van der Waals surface area (Å²) in [6, 6.07) is 5.01. The van der Waals surface area contributed by atoms with E-state index in [1.807, 2.05) is 7.05 Å². The zero-order valence-corrected chi connectivity index (χ0v) is 15.1. The third-order valence-corrected chi connectivity index (χ3v) is 4.52. The van der Waals surface area contributed by atoms with Crippen LogP contribution in [-0.2, 0) is 14.3 Å². The van der Waals surface area contributed by atoms with Gasteiger partial charge in [-0.25, -0.2) is 4.79 Å². The summed E-state index contributed by atoms with van der Waals surface area (Å²) in [4.78, 5) is 27.1. The molecule has 2 atom stereocenters. The van der Waals surface area contributed by atoms with Crippen molar-refractivity contribution < 1.29 is 19.1 Å². The van der Waals surface area contributed by atoms with E-state index in [-0.39, 0.29) is 18.5 Å². The number of ether oxygens (including phenoxy) is 2. The summed E-state index contributed by atoms with van der Waals surface area (Å²) >= 11 is 6.06. The average Bonchev–Trinajstić information content (AvgIpc) is 2.95. The van der Waals surface area contributed by atoms with Crippen LogP contribution in [0.5, 0.6) is 0 Å². The molecule has 24 heavy (non-hydrogen) atoms. The van der Waals surface area contributed by atoms with Crippen LogP contribution in [0.4, 0.5) is 0 Å². The predicted molar refractivity (Wildman–Crippen MR) is 92.4 cm³/mol. The first-order valence-electron chi connectivity index (χ1n) is 8.29. The van der Waals surface area contributed by atoms with Gasteiger partial charge in [-0.1, -0.05) is 17.7 Å². The molecule has 5 nitrogen and oxygen atoms in total. The van der Waals surface area contributed by atoms with Gasteiger partial charge in [-0.3, -0.25) is 4.79 Å². The van der Waals surface area contributed by atoms with Crippen LogP contribution in [0.1, 0.15) is 42.1 Å². The molecule has 1 aromatic carbocycles. The first kappa shape index (κ1) is 18.7. The number of hydrogen-bond acceptors (Lipinski definition) is 5. The maximum absolute atomic E-state index is 12.6. The number of rotatable bonds is 6. The summed E-state index contributed by atoms with van der Waals surface area (Å²) in [7, 11) is 2.02. The van der Waals surface area contributed by atoms with Gasteiger partial charge in [0.25, 0.3) is 0 Å². The van der Waals surface area contributed by atoms with E-state index in [0.717, 1.165) is 19.5 Å². The van der Waals surface area contributed by atoms with Crippen molar-refractivity contribution >= 4 is 23.5 Å². The standard InChI is InChI=1S/C18H24ClNO4/c1-4-23-17(21)15-10-13(19)6-7-14(15)16(18(22)24-5-2)12-8-9-20(3)11-12/h6-7,10,12,16H,4-5,8-9,11H2,1-3H3. The number of esters is 2.